The van der Waals surface area contributed by atoms with Gasteiger partial charge in [0.2, 0.25) is 17.7 Å². The second kappa shape index (κ2) is 11.4. The molecule has 0 aliphatic carbocycles. The van der Waals surface area contributed by atoms with E-state index >= 15 is 0 Å². The largest absolute Gasteiger partial charge is 0.480 e. The molecule has 11 heteroatoms. The van der Waals surface area contributed by atoms with Crippen LogP contribution in [0.3, 0.4) is 0 Å². The first-order valence-electron chi connectivity index (χ1n) is 10.6. The number of fused-ring (bicyclic) bond motifs is 1. The van der Waals surface area contributed by atoms with Crippen LogP contribution >= 0.6 is 0 Å². The second-order valence-electron chi connectivity index (χ2n) is 8.24. The lowest BCUT2D eigenvalue weighted by atomic mass is 10.0. The molecule has 0 saturated heterocycles. The van der Waals surface area contributed by atoms with Gasteiger partial charge in [-0.25, -0.2) is 4.79 Å². The summed E-state index contributed by atoms with van der Waals surface area (Å²) in [5.74, 6) is -3.56. The number of carbonyl (C=O) groups excluding carboxylic acids is 3. The van der Waals surface area contributed by atoms with Crippen LogP contribution in [0.2, 0.25) is 0 Å². The number of hydrogen-bond donors (Lipinski definition) is 7. The van der Waals surface area contributed by atoms with Crippen LogP contribution in [0, 0.1) is 5.92 Å². The van der Waals surface area contributed by atoms with E-state index in [0.717, 1.165) is 16.5 Å². The molecule has 0 aliphatic rings. The molecule has 1 aromatic heterocycles. The van der Waals surface area contributed by atoms with E-state index in [2.05, 4.69) is 20.9 Å². The van der Waals surface area contributed by atoms with E-state index in [1.165, 1.54) is 6.92 Å². The van der Waals surface area contributed by atoms with Gasteiger partial charge in [-0.3, -0.25) is 14.4 Å². The molecular formula is C22H31N5O6. The molecule has 1 aromatic carbocycles. The Bertz CT molecular complexity index is 1000. The van der Waals surface area contributed by atoms with E-state index in [1.54, 1.807) is 20.0 Å². The average molecular weight is 462 g/mol. The van der Waals surface area contributed by atoms with Crippen LogP contribution in [0.1, 0.15) is 26.3 Å². The molecule has 0 bridgehead atoms. The number of rotatable bonds is 11. The van der Waals surface area contributed by atoms with Crippen molar-refractivity contribution in [2.45, 2.75) is 51.4 Å². The molecule has 0 fully saturated rings. The van der Waals surface area contributed by atoms with E-state index in [4.69, 9.17) is 5.73 Å². The minimum absolute atomic E-state index is 0.0565. The van der Waals surface area contributed by atoms with Crippen LogP contribution in [0.15, 0.2) is 30.5 Å². The molecule has 0 aliphatic heterocycles. The fraction of sp³-hybridized carbons (Fsp3) is 0.455. The Morgan fingerprint density at radius 3 is 2.33 bits per heavy atom. The lowest BCUT2D eigenvalue weighted by molar-refractivity contribution is -0.141. The molecule has 11 nitrogen and oxygen atoms in total. The van der Waals surface area contributed by atoms with E-state index < -0.39 is 54.5 Å². The van der Waals surface area contributed by atoms with E-state index in [0.29, 0.717) is 0 Å². The molecule has 8 N–H and O–H groups in total. The number of aromatic amines is 1. The van der Waals surface area contributed by atoms with Gasteiger partial charge in [-0.1, -0.05) is 32.0 Å². The molecule has 0 saturated carbocycles. The number of benzene rings is 1. The maximum Gasteiger partial charge on any atom is 0.326 e. The topological polar surface area (TPSA) is 187 Å². The Morgan fingerprint density at radius 2 is 1.73 bits per heavy atom. The maximum absolute atomic E-state index is 12.5. The molecule has 1 heterocycles. The van der Waals surface area contributed by atoms with Crippen LogP contribution in [0.25, 0.3) is 10.9 Å². The second-order valence-corrected chi connectivity index (χ2v) is 8.24. The number of aliphatic hydroxyl groups is 1. The number of aliphatic hydroxyl groups excluding tert-OH is 1. The molecular weight excluding hydrogens is 430 g/mol. The van der Waals surface area contributed by atoms with Gasteiger partial charge >= 0.3 is 5.97 Å². The lowest BCUT2D eigenvalue weighted by Gasteiger charge is -2.24. The molecule has 2 rings (SSSR count). The summed E-state index contributed by atoms with van der Waals surface area (Å²) in [5, 5.41) is 27.1. The number of carbonyl (C=O) groups is 4. The summed E-state index contributed by atoms with van der Waals surface area (Å²) in [6.07, 6.45) is 0.653. The van der Waals surface area contributed by atoms with Crippen molar-refractivity contribution in [2.24, 2.45) is 11.7 Å². The van der Waals surface area contributed by atoms with Crippen molar-refractivity contribution < 1.29 is 29.4 Å². The number of aliphatic carboxylic acids is 1. The smallest absolute Gasteiger partial charge is 0.326 e. The van der Waals surface area contributed by atoms with Crippen LogP contribution in [-0.4, -0.2) is 69.7 Å². The van der Waals surface area contributed by atoms with Gasteiger partial charge in [0.25, 0.3) is 0 Å². The Kier molecular flexibility index (Phi) is 8.94. The number of amides is 3. The van der Waals surface area contributed by atoms with E-state index in [-0.39, 0.29) is 12.3 Å². The molecule has 4 unspecified atom stereocenters. The highest BCUT2D eigenvalue weighted by atomic mass is 16.4. The van der Waals surface area contributed by atoms with Gasteiger partial charge in [-0.2, -0.15) is 0 Å². The van der Waals surface area contributed by atoms with Crippen molar-refractivity contribution in [3.05, 3.63) is 36.0 Å². The summed E-state index contributed by atoms with van der Waals surface area (Å²) in [6.45, 7) is 4.27. The number of nitrogens with two attached hydrogens (primary N) is 1. The minimum Gasteiger partial charge on any atom is -0.480 e. The van der Waals surface area contributed by atoms with E-state index in [9.17, 15) is 29.4 Å². The zero-order valence-corrected chi connectivity index (χ0v) is 18.8. The first kappa shape index (κ1) is 25.8. The number of hydrogen-bond acceptors (Lipinski definition) is 6. The first-order valence-corrected chi connectivity index (χ1v) is 10.6. The van der Waals surface area contributed by atoms with Crippen LogP contribution < -0.4 is 21.7 Å². The molecule has 33 heavy (non-hydrogen) atoms. The van der Waals surface area contributed by atoms with Crippen LogP contribution in [0.4, 0.5) is 0 Å². The predicted octanol–water partition coefficient (Wildman–Crippen LogP) is -0.755. The monoisotopic (exact) mass is 461 g/mol. The number of carboxylic acids is 1. The van der Waals surface area contributed by atoms with Gasteiger partial charge in [0.15, 0.2) is 0 Å². The van der Waals surface area contributed by atoms with Crippen molar-refractivity contribution in [3.8, 4) is 0 Å². The number of carboxylic acid groups (broad SMARTS) is 1. The molecule has 2 aromatic rings. The zero-order chi connectivity index (χ0) is 24.7. The highest BCUT2D eigenvalue weighted by molar-refractivity contribution is 5.93. The molecule has 4 atom stereocenters. The number of aromatic nitrogens is 1. The van der Waals surface area contributed by atoms with Crippen molar-refractivity contribution >= 4 is 34.6 Å². The SMILES string of the molecule is CC(C)C(NC(=O)C(N)C(C)O)C(=O)NCC(=O)NC(Cc1c[nH]c2ccccc12)C(=O)O. The third-order valence-electron chi connectivity index (χ3n) is 5.22. The summed E-state index contributed by atoms with van der Waals surface area (Å²) in [6, 6.07) is 4.01. The van der Waals surface area contributed by atoms with Crippen LogP contribution in [0.5, 0.6) is 0 Å². The Morgan fingerprint density at radius 1 is 1.06 bits per heavy atom. The van der Waals surface area contributed by atoms with Crippen molar-refractivity contribution in [1.82, 2.24) is 20.9 Å². The van der Waals surface area contributed by atoms with Gasteiger partial charge in [-0.15, -0.1) is 0 Å². The average Bonchev–Trinajstić information content (AvgIpc) is 3.17. The summed E-state index contributed by atoms with van der Waals surface area (Å²) >= 11 is 0. The van der Waals surface area contributed by atoms with Gasteiger partial charge < -0.3 is 36.9 Å². The quantitative estimate of drug-likeness (QED) is 0.229. The highest BCUT2D eigenvalue weighted by Crippen LogP contribution is 2.19. The summed E-state index contributed by atoms with van der Waals surface area (Å²) in [5.41, 5.74) is 7.18. The summed E-state index contributed by atoms with van der Waals surface area (Å²) < 4.78 is 0. The van der Waals surface area contributed by atoms with Crippen molar-refractivity contribution in [3.63, 3.8) is 0 Å². The highest BCUT2D eigenvalue weighted by Gasteiger charge is 2.29. The zero-order valence-electron chi connectivity index (χ0n) is 18.8. The molecule has 3 amide bonds. The summed E-state index contributed by atoms with van der Waals surface area (Å²) in [4.78, 5) is 51.7. The minimum atomic E-state index is -1.21. The normalized spacial score (nSPS) is 14.8. The lowest BCUT2D eigenvalue weighted by Crippen LogP contribution is -2.57. The fourth-order valence-electron chi connectivity index (χ4n) is 3.25. The number of nitrogens with one attached hydrogen (secondary N) is 4. The third-order valence-corrected chi connectivity index (χ3v) is 5.22. The standard InChI is InChI=1S/C22H31N5O6/c1-11(2)19(27-20(30)18(23)12(3)28)21(31)25-10-17(29)26-16(22(32)33)8-13-9-24-15-7-5-4-6-14(13)15/h4-7,9,11-12,16,18-19,24,28H,8,10,23H2,1-3H3,(H,25,31)(H,26,29)(H,27,30)(H,32,33). The Hall–Kier alpha value is -3.44. The van der Waals surface area contributed by atoms with Gasteiger partial charge in [0.1, 0.15) is 18.1 Å². The van der Waals surface area contributed by atoms with Gasteiger partial charge in [0, 0.05) is 23.5 Å². The van der Waals surface area contributed by atoms with Gasteiger partial charge in [0.05, 0.1) is 12.6 Å². The molecule has 0 spiro atoms. The summed E-state index contributed by atoms with van der Waals surface area (Å²) in [7, 11) is 0. The van der Waals surface area contributed by atoms with Crippen LogP contribution in [-0.2, 0) is 25.6 Å². The number of para-hydroxylation sites is 1. The third kappa shape index (κ3) is 7.02. The first-order chi connectivity index (χ1) is 15.5. The molecule has 0 radical (unpaired) electrons. The maximum atomic E-state index is 12.5. The Balaban J connectivity index is 1.96. The molecule has 180 valence electrons. The van der Waals surface area contributed by atoms with Gasteiger partial charge in [-0.05, 0) is 24.5 Å². The van der Waals surface area contributed by atoms with E-state index in [1.807, 2.05) is 24.3 Å². The van der Waals surface area contributed by atoms with Crippen molar-refractivity contribution in [2.75, 3.05) is 6.54 Å². The predicted molar refractivity (Wildman–Crippen MR) is 121 cm³/mol. The fourth-order valence-corrected chi connectivity index (χ4v) is 3.25. The Labute approximate surface area is 191 Å². The number of H-pyrrole nitrogens is 1. The van der Waals surface area contributed by atoms with Crippen molar-refractivity contribution in [1.29, 1.82) is 0 Å².